The number of amides is 1. The zero-order valence-corrected chi connectivity index (χ0v) is 12.5. The van der Waals surface area contributed by atoms with Crippen LogP contribution >= 0.6 is 11.6 Å². The molecule has 1 aromatic rings. The second-order valence-electron chi connectivity index (χ2n) is 5.72. The number of carboxylic acid groups (broad SMARTS) is 1. The molecule has 1 atom stereocenters. The van der Waals surface area contributed by atoms with Crippen LogP contribution in [0.25, 0.3) is 0 Å². The summed E-state index contributed by atoms with van der Waals surface area (Å²) in [5, 5.41) is 12.0. The third-order valence-corrected chi connectivity index (χ3v) is 3.24. The molecule has 4 N–H and O–H groups in total. The molecule has 0 aliphatic rings. The molecule has 0 saturated heterocycles. The first-order valence-corrected chi connectivity index (χ1v) is 6.57. The Morgan fingerprint density at radius 2 is 2.00 bits per heavy atom. The van der Waals surface area contributed by atoms with Crippen LogP contribution in [0.1, 0.15) is 37.6 Å². The second-order valence-corrected chi connectivity index (χ2v) is 6.16. The van der Waals surface area contributed by atoms with E-state index >= 15 is 0 Å². The molecule has 0 fully saturated rings. The van der Waals surface area contributed by atoms with E-state index in [1.165, 1.54) is 18.2 Å². The molecule has 0 aliphatic carbocycles. The molecule has 1 amide bonds. The van der Waals surface area contributed by atoms with Crippen molar-refractivity contribution in [1.82, 2.24) is 0 Å². The summed E-state index contributed by atoms with van der Waals surface area (Å²) in [7, 11) is 0. The zero-order valence-electron chi connectivity index (χ0n) is 11.7. The fraction of sp³-hybridized carbons (Fsp3) is 0.429. The van der Waals surface area contributed by atoms with Gasteiger partial charge in [-0.05, 0) is 23.6 Å². The quantitative estimate of drug-likeness (QED) is 0.797. The van der Waals surface area contributed by atoms with Gasteiger partial charge in [0.05, 0.1) is 11.3 Å². The van der Waals surface area contributed by atoms with Crippen molar-refractivity contribution in [2.75, 3.05) is 5.32 Å². The van der Waals surface area contributed by atoms with Crippen LogP contribution in [0.2, 0.25) is 5.02 Å². The lowest BCUT2D eigenvalue weighted by atomic mass is 9.85. The molecule has 1 aromatic carbocycles. The first-order valence-electron chi connectivity index (χ1n) is 6.19. The van der Waals surface area contributed by atoms with Crippen molar-refractivity contribution in [3.8, 4) is 0 Å². The molecular formula is C14H19ClN2O3. The molecule has 110 valence electrons. The topological polar surface area (TPSA) is 92.4 Å². The number of rotatable bonds is 4. The fourth-order valence-corrected chi connectivity index (χ4v) is 1.69. The van der Waals surface area contributed by atoms with Crippen molar-refractivity contribution >= 4 is 29.2 Å². The molecule has 0 radical (unpaired) electrons. The smallest absolute Gasteiger partial charge is 0.337 e. The maximum atomic E-state index is 11.9. The van der Waals surface area contributed by atoms with Gasteiger partial charge in [-0.1, -0.05) is 32.4 Å². The van der Waals surface area contributed by atoms with Crippen molar-refractivity contribution in [2.45, 2.75) is 33.2 Å². The fourth-order valence-electron chi connectivity index (χ4n) is 1.51. The summed E-state index contributed by atoms with van der Waals surface area (Å²) in [6.07, 6.45) is 0.106. The lowest BCUT2D eigenvalue weighted by molar-refractivity contribution is -0.117. The molecular weight excluding hydrogens is 280 g/mol. The highest BCUT2D eigenvalue weighted by atomic mass is 35.5. The number of carboxylic acids is 1. The van der Waals surface area contributed by atoms with Gasteiger partial charge in [0.15, 0.2) is 0 Å². The molecule has 20 heavy (non-hydrogen) atoms. The van der Waals surface area contributed by atoms with Crippen LogP contribution < -0.4 is 11.1 Å². The van der Waals surface area contributed by atoms with Crippen LogP contribution in [0, 0.1) is 5.41 Å². The number of benzene rings is 1. The Kier molecular flexibility index (Phi) is 5.14. The molecule has 6 heteroatoms. The lowest BCUT2D eigenvalue weighted by Gasteiger charge is -2.26. The van der Waals surface area contributed by atoms with Crippen molar-refractivity contribution in [3.05, 3.63) is 28.8 Å². The Balaban J connectivity index is 2.86. The predicted molar refractivity (Wildman–Crippen MR) is 79.1 cm³/mol. The van der Waals surface area contributed by atoms with E-state index in [0.717, 1.165) is 0 Å². The van der Waals surface area contributed by atoms with Crippen LogP contribution in [0.5, 0.6) is 0 Å². The monoisotopic (exact) mass is 298 g/mol. The first-order chi connectivity index (χ1) is 9.11. The predicted octanol–water partition coefficient (Wildman–Crippen LogP) is 2.74. The van der Waals surface area contributed by atoms with Gasteiger partial charge in [-0.15, -0.1) is 0 Å². The first kappa shape index (κ1) is 16.5. The normalized spacial score (nSPS) is 12.8. The average Bonchev–Trinajstić information content (AvgIpc) is 2.26. The Hall–Kier alpha value is -1.59. The van der Waals surface area contributed by atoms with Crippen LogP contribution in [0.15, 0.2) is 18.2 Å². The number of halogens is 1. The van der Waals surface area contributed by atoms with Crippen LogP contribution in [-0.2, 0) is 4.79 Å². The van der Waals surface area contributed by atoms with Crippen LogP contribution in [0.4, 0.5) is 5.69 Å². The summed E-state index contributed by atoms with van der Waals surface area (Å²) in [6, 6.07) is 3.90. The summed E-state index contributed by atoms with van der Waals surface area (Å²) in [4.78, 5) is 23.0. The maximum Gasteiger partial charge on any atom is 0.337 e. The number of carbonyl (C=O) groups is 2. The molecule has 0 spiro atoms. The largest absolute Gasteiger partial charge is 0.478 e. The Morgan fingerprint density at radius 1 is 1.40 bits per heavy atom. The lowest BCUT2D eigenvalue weighted by Crippen LogP contribution is -2.38. The van der Waals surface area contributed by atoms with Crippen molar-refractivity contribution in [2.24, 2.45) is 11.1 Å². The summed E-state index contributed by atoms with van der Waals surface area (Å²) in [5.41, 5.74) is 5.89. The standard InChI is InChI=1S/C14H19ClN2O3/c1-14(2,3)11(16)7-12(18)17-10-6-8(15)4-5-9(10)13(19)20/h4-6,11H,7,16H2,1-3H3,(H,17,18)(H,19,20). The summed E-state index contributed by atoms with van der Waals surface area (Å²) < 4.78 is 0. The van der Waals surface area contributed by atoms with Gasteiger partial charge < -0.3 is 16.2 Å². The average molecular weight is 299 g/mol. The van der Waals surface area contributed by atoms with E-state index < -0.39 is 5.97 Å². The van der Waals surface area contributed by atoms with Gasteiger partial charge in [-0.3, -0.25) is 4.79 Å². The molecule has 0 aliphatic heterocycles. The molecule has 0 aromatic heterocycles. The summed E-state index contributed by atoms with van der Waals surface area (Å²) in [6.45, 7) is 5.81. The third-order valence-electron chi connectivity index (χ3n) is 3.00. The van der Waals surface area contributed by atoms with Crippen LogP contribution in [0.3, 0.4) is 0 Å². The minimum absolute atomic E-state index is 0.00733. The van der Waals surface area contributed by atoms with Gasteiger partial charge in [0, 0.05) is 17.5 Å². The van der Waals surface area contributed by atoms with Crippen molar-refractivity contribution in [1.29, 1.82) is 0 Å². The second kappa shape index (κ2) is 6.24. The highest BCUT2D eigenvalue weighted by Gasteiger charge is 2.23. The van der Waals surface area contributed by atoms with Gasteiger partial charge in [0.2, 0.25) is 5.91 Å². The van der Waals surface area contributed by atoms with Gasteiger partial charge in [0.1, 0.15) is 0 Å². The Morgan fingerprint density at radius 3 is 2.50 bits per heavy atom. The molecule has 5 nitrogen and oxygen atoms in total. The van der Waals surface area contributed by atoms with E-state index in [0.29, 0.717) is 5.02 Å². The van der Waals surface area contributed by atoms with Gasteiger partial charge in [0.25, 0.3) is 0 Å². The minimum Gasteiger partial charge on any atom is -0.478 e. The number of hydrogen-bond acceptors (Lipinski definition) is 3. The zero-order chi connectivity index (χ0) is 15.5. The number of nitrogens with one attached hydrogen (secondary N) is 1. The van der Waals surface area contributed by atoms with Crippen molar-refractivity contribution < 1.29 is 14.7 Å². The van der Waals surface area contributed by atoms with E-state index in [4.69, 9.17) is 22.4 Å². The molecule has 0 heterocycles. The molecule has 0 saturated carbocycles. The summed E-state index contributed by atoms with van der Waals surface area (Å²) >= 11 is 5.81. The third kappa shape index (κ3) is 4.51. The highest BCUT2D eigenvalue weighted by molar-refractivity contribution is 6.31. The number of aromatic carboxylic acids is 1. The van der Waals surface area contributed by atoms with E-state index in [-0.39, 0.29) is 35.0 Å². The number of hydrogen-bond donors (Lipinski definition) is 3. The van der Waals surface area contributed by atoms with Gasteiger partial charge in [-0.2, -0.15) is 0 Å². The molecule has 0 bridgehead atoms. The van der Waals surface area contributed by atoms with Crippen LogP contribution in [-0.4, -0.2) is 23.0 Å². The van der Waals surface area contributed by atoms with E-state index in [9.17, 15) is 9.59 Å². The minimum atomic E-state index is -1.13. The maximum absolute atomic E-state index is 11.9. The SMILES string of the molecule is CC(C)(C)C(N)CC(=O)Nc1cc(Cl)ccc1C(=O)O. The molecule has 1 rings (SSSR count). The van der Waals surface area contributed by atoms with E-state index in [1.54, 1.807) is 0 Å². The Labute approximate surface area is 123 Å². The molecule has 1 unspecified atom stereocenters. The number of anilines is 1. The Bertz CT molecular complexity index is 524. The van der Waals surface area contributed by atoms with Gasteiger partial charge in [-0.25, -0.2) is 4.79 Å². The van der Waals surface area contributed by atoms with Gasteiger partial charge >= 0.3 is 5.97 Å². The van der Waals surface area contributed by atoms with E-state index in [2.05, 4.69) is 5.32 Å². The highest BCUT2D eigenvalue weighted by Crippen LogP contribution is 2.23. The van der Waals surface area contributed by atoms with Crippen molar-refractivity contribution in [3.63, 3.8) is 0 Å². The number of carbonyl (C=O) groups excluding carboxylic acids is 1. The van der Waals surface area contributed by atoms with E-state index in [1.807, 2.05) is 20.8 Å². The summed E-state index contributed by atoms with van der Waals surface area (Å²) in [5.74, 6) is -1.46. The number of nitrogens with two attached hydrogens (primary N) is 1.